The quantitative estimate of drug-likeness (QED) is 0.600. The molecule has 0 aliphatic heterocycles. The minimum absolute atomic E-state index is 0.00778. The maximum atomic E-state index is 11.8. The Bertz CT molecular complexity index is 714. The summed E-state index contributed by atoms with van der Waals surface area (Å²) in [5, 5.41) is 11.5. The molecular formula is C13H12N2O3. The number of hydrogen-bond donors (Lipinski definition) is 0. The molecule has 2 rings (SSSR count). The Kier molecular flexibility index (Phi) is 2.97. The van der Waals surface area contributed by atoms with E-state index in [-0.39, 0.29) is 11.3 Å². The molecule has 0 saturated carbocycles. The summed E-state index contributed by atoms with van der Waals surface area (Å²) in [7, 11) is 1.68. The van der Waals surface area contributed by atoms with Crippen molar-refractivity contribution < 1.29 is 4.92 Å². The van der Waals surface area contributed by atoms with Crippen LogP contribution in [0.2, 0.25) is 0 Å². The van der Waals surface area contributed by atoms with Crippen LogP contribution in [0.3, 0.4) is 0 Å². The Balaban J connectivity index is 2.80. The van der Waals surface area contributed by atoms with Gasteiger partial charge in [-0.1, -0.05) is 18.2 Å². The van der Waals surface area contributed by atoms with Gasteiger partial charge < -0.3 is 4.57 Å². The van der Waals surface area contributed by atoms with Crippen molar-refractivity contribution in [2.75, 3.05) is 0 Å². The molecule has 2 aromatic rings. The molecule has 0 atom stereocenters. The van der Waals surface area contributed by atoms with E-state index in [1.807, 2.05) is 24.3 Å². The van der Waals surface area contributed by atoms with Crippen molar-refractivity contribution in [3.05, 3.63) is 62.1 Å². The molecule has 0 amide bonds. The number of nitrogens with zero attached hydrogens (tertiary/aromatic N) is 2. The zero-order valence-corrected chi connectivity index (χ0v) is 10.1. The molecule has 18 heavy (non-hydrogen) atoms. The van der Waals surface area contributed by atoms with Gasteiger partial charge in [-0.15, -0.1) is 0 Å². The number of aromatic nitrogens is 1. The molecule has 0 aliphatic rings. The van der Waals surface area contributed by atoms with E-state index in [2.05, 4.69) is 0 Å². The third kappa shape index (κ3) is 2.02. The highest BCUT2D eigenvalue weighted by molar-refractivity contribution is 5.88. The van der Waals surface area contributed by atoms with Crippen molar-refractivity contribution in [2.24, 2.45) is 7.05 Å². The summed E-state index contributed by atoms with van der Waals surface area (Å²) < 4.78 is 1.52. The standard InChI is InChI=1S/C13H12N2O3/c1-9(15(17)18)7-10-8-13(16)14(2)12-6-4-3-5-11(10)12/h3-8H,1-2H3. The predicted molar refractivity (Wildman–Crippen MR) is 69.8 cm³/mol. The molecule has 5 nitrogen and oxygen atoms in total. The SMILES string of the molecule is CC(=Cc1cc(=O)n(C)c2ccccc12)[N+](=O)[O-]. The number of allylic oxidation sites excluding steroid dienone is 1. The smallest absolute Gasteiger partial charge is 0.251 e. The van der Waals surface area contributed by atoms with Gasteiger partial charge in [-0.25, -0.2) is 0 Å². The van der Waals surface area contributed by atoms with Crippen molar-refractivity contribution in [3.8, 4) is 0 Å². The van der Waals surface area contributed by atoms with E-state index >= 15 is 0 Å². The van der Waals surface area contributed by atoms with Gasteiger partial charge in [0.1, 0.15) is 0 Å². The molecular weight excluding hydrogens is 232 g/mol. The number of pyridine rings is 1. The highest BCUT2D eigenvalue weighted by Gasteiger charge is 2.08. The topological polar surface area (TPSA) is 65.1 Å². The molecule has 0 radical (unpaired) electrons. The van der Waals surface area contributed by atoms with Gasteiger partial charge in [-0.2, -0.15) is 0 Å². The van der Waals surface area contributed by atoms with Crippen molar-refractivity contribution >= 4 is 17.0 Å². The average Bonchev–Trinajstić information content (AvgIpc) is 2.35. The fourth-order valence-electron chi connectivity index (χ4n) is 1.83. The van der Waals surface area contributed by atoms with Crippen LogP contribution in [0, 0.1) is 10.1 Å². The lowest BCUT2D eigenvalue weighted by molar-refractivity contribution is -0.422. The molecule has 0 spiro atoms. The first kappa shape index (κ1) is 12.0. The summed E-state index contributed by atoms with van der Waals surface area (Å²) in [5.41, 5.74) is 1.15. The molecule has 1 aromatic carbocycles. The van der Waals surface area contributed by atoms with E-state index < -0.39 is 4.92 Å². The van der Waals surface area contributed by atoms with E-state index in [1.165, 1.54) is 23.6 Å². The fourth-order valence-corrected chi connectivity index (χ4v) is 1.83. The molecule has 0 N–H and O–H groups in total. The largest absolute Gasteiger partial charge is 0.311 e. The van der Waals surface area contributed by atoms with Crippen molar-refractivity contribution in [1.29, 1.82) is 0 Å². The summed E-state index contributed by atoms with van der Waals surface area (Å²) in [6.45, 7) is 1.41. The average molecular weight is 244 g/mol. The van der Waals surface area contributed by atoms with Gasteiger partial charge >= 0.3 is 0 Å². The third-order valence-electron chi connectivity index (χ3n) is 2.84. The second-order valence-electron chi connectivity index (χ2n) is 4.06. The van der Waals surface area contributed by atoms with Crippen molar-refractivity contribution in [3.63, 3.8) is 0 Å². The highest BCUT2D eigenvalue weighted by atomic mass is 16.6. The molecule has 0 saturated heterocycles. The predicted octanol–water partition coefficient (Wildman–Crippen LogP) is 2.18. The minimum atomic E-state index is -0.466. The Morgan fingerprint density at radius 2 is 2.06 bits per heavy atom. The number of hydrogen-bond acceptors (Lipinski definition) is 3. The van der Waals surface area contributed by atoms with Crippen LogP contribution in [0.15, 0.2) is 40.8 Å². The lowest BCUT2D eigenvalue weighted by Gasteiger charge is -2.06. The summed E-state index contributed by atoms with van der Waals surface area (Å²) >= 11 is 0. The normalized spacial score (nSPS) is 11.8. The van der Waals surface area contributed by atoms with E-state index in [9.17, 15) is 14.9 Å². The summed E-state index contributed by atoms with van der Waals surface area (Å²) in [5.74, 6) is 0. The van der Waals surface area contributed by atoms with Gasteiger partial charge in [0.25, 0.3) is 5.56 Å². The van der Waals surface area contributed by atoms with Gasteiger partial charge in [0, 0.05) is 31.5 Å². The van der Waals surface area contributed by atoms with E-state index in [4.69, 9.17) is 0 Å². The Hall–Kier alpha value is -2.43. The van der Waals surface area contributed by atoms with Crippen LogP contribution in [0.25, 0.3) is 17.0 Å². The van der Waals surface area contributed by atoms with Crippen LogP contribution in [0.4, 0.5) is 0 Å². The van der Waals surface area contributed by atoms with Crippen molar-refractivity contribution in [2.45, 2.75) is 6.92 Å². The highest BCUT2D eigenvalue weighted by Crippen LogP contribution is 2.18. The molecule has 1 aromatic heterocycles. The maximum absolute atomic E-state index is 11.8. The summed E-state index contributed by atoms with van der Waals surface area (Å²) in [4.78, 5) is 21.9. The summed E-state index contributed by atoms with van der Waals surface area (Å²) in [6, 6.07) is 8.74. The monoisotopic (exact) mass is 244 g/mol. The van der Waals surface area contributed by atoms with Crippen LogP contribution in [0.5, 0.6) is 0 Å². The second kappa shape index (κ2) is 4.44. The van der Waals surface area contributed by atoms with Gasteiger partial charge in [-0.3, -0.25) is 14.9 Å². The molecule has 0 fully saturated rings. The van der Waals surface area contributed by atoms with Gasteiger partial charge in [-0.05, 0) is 11.6 Å². The summed E-state index contributed by atoms with van der Waals surface area (Å²) in [6.07, 6.45) is 1.42. The number of aryl methyl sites for hydroxylation is 1. The zero-order valence-electron chi connectivity index (χ0n) is 10.1. The fraction of sp³-hybridized carbons (Fsp3) is 0.154. The molecule has 0 aliphatic carbocycles. The molecule has 1 heterocycles. The number of benzene rings is 1. The number of rotatable bonds is 2. The number of nitro groups is 1. The lowest BCUT2D eigenvalue weighted by atomic mass is 10.1. The van der Waals surface area contributed by atoms with E-state index in [0.717, 1.165) is 10.9 Å². The van der Waals surface area contributed by atoms with Gasteiger partial charge in [0.2, 0.25) is 5.70 Å². The lowest BCUT2D eigenvalue weighted by Crippen LogP contribution is -2.16. The maximum Gasteiger partial charge on any atom is 0.251 e. The van der Waals surface area contributed by atoms with Gasteiger partial charge in [0.05, 0.1) is 10.4 Å². The Morgan fingerprint density at radius 1 is 1.39 bits per heavy atom. The number of fused-ring (bicyclic) bond motifs is 1. The van der Waals surface area contributed by atoms with E-state index in [0.29, 0.717) is 5.56 Å². The zero-order chi connectivity index (χ0) is 13.3. The first-order chi connectivity index (χ1) is 8.50. The van der Waals surface area contributed by atoms with E-state index in [1.54, 1.807) is 7.05 Å². The van der Waals surface area contributed by atoms with Crippen LogP contribution in [-0.2, 0) is 7.05 Å². The number of para-hydroxylation sites is 1. The molecule has 0 unspecified atom stereocenters. The van der Waals surface area contributed by atoms with Crippen LogP contribution in [-0.4, -0.2) is 9.49 Å². The van der Waals surface area contributed by atoms with Crippen LogP contribution in [0.1, 0.15) is 12.5 Å². The van der Waals surface area contributed by atoms with Crippen LogP contribution < -0.4 is 5.56 Å². The second-order valence-corrected chi connectivity index (χ2v) is 4.06. The van der Waals surface area contributed by atoms with Gasteiger partial charge in [0.15, 0.2) is 0 Å². The minimum Gasteiger partial charge on any atom is -0.311 e. The van der Waals surface area contributed by atoms with Crippen molar-refractivity contribution in [1.82, 2.24) is 4.57 Å². The first-order valence-corrected chi connectivity index (χ1v) is 5.42. The Morgan fingerprint density at radius 3 is 2.72 bits per heavy atom. The Labute approximate surface area is 103 Å². The molecule has 92 valence electrons. The van der Waals surface area contributed by atoms with Crippen LogP contribution >= 0.6 is 0 Å². The first-order valence-electron chi connectivity index (χ1n) is 5.42. The molecule has 0 bridgehead atoms. The molecule has 5 heteroatoms. The third-order valence-corrected chi connectivity index (χ3v) is 2.84.